The minimum atomic E-state index is -0.686. The van der Waals surface area contributed by atoms with Crippen molar-refractivity contribution in [3.63, 3.8) is 0 Å². The monoisotopic (exact) mass is 338 g/mol. The van der Waals surface area contributed by atoms with Crippen molar-refractivity contribution in [1.82, 2.24) is 10.3 Å². The Morgan fingerprint density at radius 1 is 1.45 bits per heavy atom. The van der Waals surface area contributed by atoms with E-state index in [0.717, 1.165) is 22.0 Å². The quantitative estimate of drug-likeness (QED) is 0.813. The van der Waals surface area contributed by atoms with Gasteiger partial charge in [0.15, 0.2) is 0 Å². The fraction of sp³-hybridized carbons (Fsp3) is 0.500. The van der Waals surface area contributed by atoms with E-state index in [0.29, 0.717) is 6.42 Å². The molecule has 2 N–H and O–H groups in total. The largest absolute Gasteiger partial charge is 0.396 e. The van der Waals surface area contributed by atoms with E-state index < -0.39 is 5.41 Å². The first-order chi connectivity index (χ1) is 10.5. The Labute approximate surface area is 139 Å². The number of aromatic nitrogens is 1. The van der Waals surface area contributed by atoms with Gasteiger partial charge in [0.1, 0.15) is 5.01 Å². The molecular weight excluding hydrogens is 316 g/mol. The molecule has 1 amide bonds. The van der Waals surface area contributed by atoms with Gasteiger partial charge in [0.25, 0.3) is 0 Å². The van der Waals surface area contributed by atoms with Crippen molar-refractivity contribution in [2.24, 2.45) is 0 Å². The van der Waals surface area contributed by atoms with Crippen molar-refractivity contribution in [1.29, 1.82) is 0 Å². The first-order valence-electron chi connectivity index (χ1n) is 7.40. The lowest BCUT2D eigenvalue weighted by atomic mass is 9.88. The Balaban J connectivity index is 2.13. The first-order valence-corrected chi connectivity index (χ1v) is 9.16. The fourth-order valence-electron chi connectivity index (χ4n) is 2.09. The number of hydrogen-bond donors (Lipinski definition) is 2. The molecule has 0 aliphatic rings. The number of nitrogens with zero attached hydrogens (tertiary/aromatic N) is 1. The summed E-state index contributed by atoms with van der Waals surface area (Å²) in [5, 5.41) is 17.0. The molecule has 0 saturated carbocycles. The van der Waals surface area contributed by atoms with Crippen LogP contribution in [0.5, 0.6) is 0 Å². The van der Waals surface area contributed by atoms with E-state index in [1.54, 1.807) is 22.7 Å². The summed E-state index contributed by atoms with van der Waals surface area (Å²) in [6.07, 6.45) is 1.38. The second-order valence-electron chi connectivity index (χ2n) is 5.73. The third-order valence-electron chi connectivity index (χ3n) is 3.75. The summed E-state index contributed by atoms with van der Waals surface area (Å²) < 4.78 is 0. The lowest BCUT2D eigenvalue weighted by Gasteiger charge is -2.25. The van der Waals surface area contributed by atoms with Crippen LogP contribution in [0.1, 0.15) is 39.3 Å². The predicted octanol–water partition coefficient (Wildman–Crippen LogP) is 3.43. The van der Waals surface area contributed by atoms with E-state index in [-0.39, 0.29) is 18.6 Å². The lowest BCUT2D eigenvalue weighted by molar-refractivity contribution is -0.126. The summed E-state index contributed by atoms with van der Waals surface area (Å²) in [6, 6.07) is 4.04. The van der Waals surface area contributed by atoms with Gasteiger partial charge < -0.3 is 10.4 Å². The van der Waals surface area contributed by atoms with Crippen LogP contribution < -0.4 is 5.32 Å². The zero-order valence-corrected chi connectivity index (χ0v) is 14.8. The molecule has 0 aliphatic carbocycles. The Bertz CT molecular complexity index is 605. The van der Waals surface area contributed by atoms with Gasteiger partial charge >= 0.3 is 0 Å². The predicted molar refractivity (Wildman–Crippen MR) is 92.4 cm³/mol. The van der Waals surface area contributed by atoms with E-state index in [1.165, 1.54) is 0 Å². The van der Waals surface area contributed by atoms with Crippen molar-refractivity contribution < 1.29 is 9.90 Å². The number of rotatable bonds is 7. The van der Waals surface area contributed by atoms with Crippen LogP contribution in [-0.2, 0) is 10.2 Å². The standard InChI is InChI=1S/C16H22N2O2S2/c1-4-11(7-8-19)17-15(20)16(2,3)13-10-22-14(18-13)12-6-5-9-21-12/h5-6,9-11,19H,4,7-8H2,1-3H3,(H,17,20)/t11-/m0/s1. The summed E-state index contributed by atoms with van der Waals surface area (Å²) in [4.78, 5) is 18.3. The van der Waals surface area contributed by atoms with E-state index in [2.05, 4.69) is 10.3 Å². The topological polar surface area (TPSA) is 62.2 Å². The van der Waals surface area contributed by atoms with Gasteiger partial charge in [0.05, 0.1) is 16.0 Å². The van der Waals surface area contributed by atoms with Gasteiger partial charge in [0, 0.05) is 18.0 Å². The minimum Gasteiger partial charge on any atom is -0.396 e. The highest BCUT2D eigenvalue weighted by atomic mass is 32.1. The highest BCUT2D eigenvalue weighted by Crippen LogP contribution is 2.32. The average Bonchev–Trinajstić information content (AvgIpc) is 3.16. The van der Waals surface area contributed by atoms with Crippen LogP contribution >= 0.6 is 22.7 Å². The first kappa shape index (κ1) is 17.1. The van der Waals surface area contributed by atoms with Gasteiger partial charge in [-0.05, 0) is 38.1 Å². The number of carbonyl (C=O) groups is 1. The summed E-state index contributed by atoms with van der Waals surface area (Å²) >= 11 is 3.21. The van der Waals surface area contributed by atoms with Crippen molar-refractivity contribution in [2.45, 2.75) is 45.1 Å². The van der Waals surface area contributed by atoms with Crippen molar-refractivity contribution in [3.8, 4) is 9.88 Å². The third kappa shape index (κ3) is 3.74. The number of thiophene rings is 1. The smallest absolute Gasteiger partial charge is 0.231 e. The SMILES string of the molecule is CC[C@@H](CCO)NC(=O)C(C)(C)c1csc(-c2cccs2)n1. The summed E-state index contributed by atoms with van der Waals surface area (Å²) in [5.74, 6) is -0.0455. The molecule has 22 heavy (non-hydrogen) atoms. The Hall–Kier alpha value is -1.24. The van der Waals surface area contributed by atoms with Crippen LogP contribution in [0.3, 0.4) is 0 Å². The molecule has 1 atom stereocenters. The number of thiazole rings is 1. The minimum absolute atomic E-state index is 0.00665. The summed E-state index contributed by atoms with van der Waals surface area (Å²) in [7, 11) is 0. The summed E-state index contributed by atoms with van der Waals surface area (Å²) in [6.45, 7) is 5.87. The van der Waals surface area contributed by atoms with Crippen molar-refractivity contribution in [3.05, 3.63) is 28.6 Å². The highest BCUT2D eigenvalue weighted by Gasteiger charge is 2.33. The number of hydrogen-bond acceptors (Lipinski definition) is 5. The number of carbonyl (C=O) groups excluding carboxylic acids is 1. The van der Waals surface area contributed by atoms with Crippen LogP contribution in [0.15, 0.2) is 22.9 Å². The molecule has 0 bridgehead atoms. The maximum Gasteiger partial charge on any atom is 0.231 e. The Morgan fingerprint density at radius 2 is 2.23 bits per heavy atom. The normalized spacial score (nSPS) is 13.1. The van der Waals surface area contributed by atoms with Gasteiger partial charge in [-0.1, -0.05) is 13.0 Å². The molecule has 0 radical (unpaired) electrons. The van der Waals surface area contributed by atoms with E-state index >= 15 is 0 Å². The molecule has 2 aromatic rings. The second kappa shape index (κ2) is 7.35. The molecule has 2 rings (SSSR count). The Kier molecular flexibility index (Phi) is 5.72. The summed E-state index contributed by atoms with van der Waals surface area (Å²) in [5.41, 5.74) is 0.103. The molecule has 0 fully saturated rings. The molecule has 0 unspecified atom stereocenters. The maximum atomic E-state index is 12.6. The molecule has 2 heterocycles. The van der Waals surface area contributed by atoms with E-state index in [9.17, 15) is 4.79 Å². The second-order valence-corrected chi connectivity index (χ2v) is 7.54. The number of aliphatic hydroxyl groups excluding tert-OH is 1. The van der Waals surface area contributed by atoms with Gasteiger partial charge in [0.2, 0.25) is 5.91 Å². The molecule has 4 nitrogen and oxygen atoms in total. The van der Waals surface area contributed by atoms with Crippen LogP contribution in [-0.4, -0.2) is 28.6 Å². The van der Waals surface area contributed by atoms with Crippen molar-refractivity contribution in [2.75, 3.05) is 6.61 Å². The van der Waals surface area contributed by atoms with Crippen LogP contribution in [0.25, 0.3) is 9.88 Å². The van der Waals surface area contributed by atoms with Crippen LogP contribution in [0, 0.1) is 0 Å². The average molecular weight is 338 g/mol. The number of nitrogens with one attached hydrogen (secondary N) is 1. The van der Waals surface area contributed by atoms with Crippen molar-refractivity contribution >= 4 is 28.6 Å². The van der Waals surface area contributed by atoms with Crippen LogP contribution in [0.4, 0.5) is 0 Å². The highest BCUT2D eigenvalue weighted by molar-refractivity contribution is 7.20. The van der Waals surface area contributed by atoms with Gasteiger partial charge in [-0.15, -0.1) is 22.7 Å². The number of aliphatic hydroxyl groups is 1. The molecule has 0 saturated heterocycles. The van der Waals surface area contributed by atoms with Gasteiger partial charge in [-0.25, -0.2) is 4.98 Å². The lowest BCUT2D eigenvalue weighted by Crippen LogP contribution is -2.45. The Morgan fingerprint density at radius 3 is 2.82 bits per heavy atom. The molecule has 0 spiro atoms. The molecule has 0 aromatic carbocycles. The number of amides is 1. The molecular formula is C16H22N2O2S2. The van der Waals surface area contributed by atoms with Gasteiger partial charge in [-0.3, -0.25) is 4.79 Å². The molecule has 6 heteroatoms. The maximum absolute atomic E-state index is 12.6. The van der Waals surface area contributed by atoms with E-state index in [4.69, 9.17) is 5.11 Å². The molecule has 120 valence electrons. The third-order valence-corrected chi connectivity index (χ3v) is 5.63. The molecule has 2 aromatic heterocycles. The zero-order valence-electron chi connectivity index (χ0n) is 13.1. The van der Waals surface area contributed by atoms with Gasteiger partial charge in [-0.2, -0.15) is 0 Å². The van der Waals surface area contributed by atoms with Crippen LogP contribution in [0.2, 0.25) is 0 Å². The molecule has 0 aliphatic heterocycles. The fourth-order valence-corrected chi connectivity index (χ4v) is 3.89. The van der Waals surface area contributed by atoms with E-state index in [1.807, 2.05) is 43.7 Å². The zero-order chi connectivity index (χ0) is 16.2.